The maximum atomic E-state index is 11.1. The molecule has 0 aliphatic carbocycles. The molecule has 19 heavy (non-hydrogen) atoms. The number of nitro benzene ring substituents is 1. The third-order valence-corrected chi connectivity index (χ3v) is 3.17. The molecule has 6 nitrogen and oxygen atoms in total. The van der Waals surface area contributed by atoms with Gasteiger partial charge in [0.2, 0.25) is 0 Å². The fraction of sp³-hybridized carbons (Fsp3) is 0.462. The third-order valence-electron chi connectivity index (χ3n) is 3.17. The third kappa shape index (κ3) is 3.43. The van der Waals surface area contributed by atoms with Gasteiger partial charge in [0.15, 0.2) is 0 Å². The minimum atomic E-state index is -1.17. The van der Waals surface area contributed by atoms with Crippen LogP contribution in [-0.4, -0.2) is 29.1 Å². The van der Waals surface area contributed by atoms with Gasteiger partial charge in [0.1, 0.15) is 5.69 Å². The van der Waals surface area contributed by atoms with Crippen molar-refractivity contribution in [1.29, 1.82) is 0 Å². The monoisotopic (exact) mass is 266 g/mol. The summed E-state index contributed by atoms with van der Waals surface area (Å²) >= 11 is 0. The van der Waals surface area contributed by atoms with Crippen molar-refractivity contribution < 1.29 is 14.8 Å². The smallest absolute Gasteiger partial charge is 0.335 e. The van der Waals surface area contributed by atoms with Crippen LogP contribution in [0.4, 0.5) is 11.4 Å². The summed E-state index contributed by atoms with van der Waals surface area (Å²) in [6.45, 7) is 4.03. The zero-order chi connectivity index (χ0) is 14.6. The Balaban J connectivity index is 3.20. The molecular formula is C13H18N2O4. The van der Waals surface area contributed by atoms with Crippen LogP contribution in [0.5, 0.6) is 0 Å². The molecule has 1 aromatic rings. The van der Waals surface area contributed by atoms with Crippen LogP contribution < -0.4 is 4.90 Å². The summed E-state index contributed by atoms with van der Waals surface area (Å²) in [4.78, 5) is 23.2. The standard InChI is InChI=1S/C13H18N2O4/c1-4-5-9(2)14(3)11-7-6-10(13(16)17)8-12(11)15(18)19/h6-9H,4-5H2,1-3H3,(H,16,17). The molecule has 0 saturated heterocycles. The Morgan fingerprint density at radius 1 is 1.53 bits per heavy atom. The first-order valence-electron chi connectivity index (χ1n) is 6.13. The Hall–Kier alpha value is -2.11. The summed E-state index contributed by atoms with van der Waals surface area (Å²) in [6, 6.07) is 4.14. The summed E-state index contributed by atoms with van der Waals surface area (Å²) in [5, 5.41) is 19.9. The van der Waals surface area contributed by atoms with Crippen LogP contribution in [0.1, 0.15) is 37.0 Å². The molecule has 0 fully saturated rings. The van der Waals surface area contributed by atoms with Crippen molar-refractivity contribution in [2.45, 2.75) is 32.7 Å². The van der Waals surface area contributed by atoms with Gasteiger partial charge < -0.3 is 10.0 Å². The van der Waals surface area contributed by atoms with Gasteiger partial charge in [-0.3, -0.25) is 10.1 Å². The Morgan fingerprint density at radius 3 is 2.63 bits per heavy atom. The van der Waals surface area contributed by atoms with Crippen molar-refractivity contribution in [3.8, 4) is 0 Å². The second-order valence-corrected chi connectivity index (χ2v) is 4.51. The van der Waals surface area contributed by atoms with Crippen molar-refractivity contribution in [1.82, 2.24) is 0 Å². The minimum absolute atomic E-state index is 0.0769. The molecule has 0 aliphatic rings. The normalized spacial score (nSPS) is 11.9. The van der Waals surface area contributed by atoms with E-state index in [1.807, 2.05) is 18.7 Å². The minimum Gasteiger partial charge on any atom is -0.478 e. The molecule has 0 heterocycles. The molecule has 0 bridgehead atoms. The van der Waals surface area contributed by atoms with Gasteiger partial charge >= 0.3 is 5.97 Å². The van der Waals surface area contributed by atoms with E-state index in [9.17, 15) is 14.9 Å². The molecule has 1 rings (SSSR count). The summed E-state index contributed by atoms with van der Waals surface area (Å²) in [6.07, 6.45) is 1.89. The van der Waals surface area contributed by atoms with E-state index in [1.54, 1.807) is 7.05 Å². The van der Waals surface area contributed by atoms with E-state index >= 15 is 0 Å². The lowest BCUT2D eigenvalue weighted by Crippen LogP contribution is -2.29. The summed E-state index contributed by atoms with van der Waals surface area (Å²) < 4.78 is 0. The Kier molecular flexibility index (Phi) is 4.86. The molecule has 0 aromatic heterocycles. The molecule has 1 atom stereocenters. The lowest BCUT2D eigenvalue weighted by atomic mass is 10.1. The van der Waals surface area contributed by atoms with Crippen LogP contribution in [0.15, 0.2) is 18.2 Å². The maximum absolute atomic E-state index is 11.1. The van der Waals surface area contributed by atoms with Crippen molar-refractivity contribution >= 4 is 17.3 Å². The number of hydrogen-bond acceptors (Lipinski definition) is 4. The van der Waals surface area contributed by atoms with E-state index < -0.39 is 10.9 Å². The van der Waals surface area contributed by atoms with E-state index in [0.717, 1.165) is 18.9 Å². The van der Waals surface area contributed by atoms with E-state index in [0.29, 0.717) is 5.69 Å². The number of hydrogen-bond donors (Lipinski definition) is 1. The molecule has 1 N–H and O–H groups in total. The second kappa shape index (κ2) is 6.17. The number of nitro groups is 1. The highest BCUT2D eigenvalue weighted by Gasteiger charge is 2.22. The molecule has 0 aliphatic heterocycles. The van der Waals surface area contributed by atoms with E-state index in [1.165, 1.54) is 12.1 Å². The highest BCUT2D eigenvalue weighted by molar-refractivity contribution is 5.89. The maximum Gasteiger partial charge on any atom is 0.335 e. The number of carboxylic acid groups (broad SMARTS) is 1. The average Bonchev–Trinajstić information content (AvgIpc) is 2.37. The van der Waals surface area contributed by atoms with E-state index in [2.05, 4.69) is 0 Å². The first kappa shape index (κ1) is 14.9. The van der Waals surface area contributed by atoms with Crippen LogP contribution >= 0.6 is 0 Å². The zero-order valence-corrected chi connectivity index (χ0v) is 11.3. The van der Waals surface area contributed by atoms with Gasteiger partial charge in [-0.1, -0.05) is 13.3 Å². The highest BCUT2D eigenvalue weighted by atomic mass is 16.6. The SMILES string of the molecule is CCCC(C)N(C)c1ccc(C(=O)O)cc1[N+](=O)[O-]. The Labute approximate surface area is 111 Å². The number of carbonyl (C=O) groups is 1. The molecule has 1 aromatic carbocycles. The quantitative estimate of drug-likeness (QED) is 0.632. The first-order chi connectivity index (χ1) is 8.88. The van der Waals surface area contributed by atoms with Crippen LogP contribution in [-0.2, 0) is 0 Å². The number of aromatic carboxylic acids is 1. The Morgan fingerprint density at radius 2 is 2.16 bits per heavy atom. The zero-order valence-electron chi connectivity index (χ0n) is 11.3. The van der Waals surface area contributed by atoms with Crippen LogP contribution in [0.3, 0.4) is 0 Å². The molecule has 0 spiro atoms. The summed E-state index contributed by atoms with van der Waals surface area (Å²) in [5.74, 6) is -1.17. The van der Waals surface area contributed by atoms with Gasteiger partial charge in [-0.2, -0.15) is 0 Å². The lowest BCUT2D eigenvalue weighted by molar-refractivity contribution is -0.384. The first-order valence-corrected chi connectivity index (χ1v) is 6.13. The number of anilines is 1. The molecule has 0 saturated carbocycles. The fourth-order valence-corrected chi connectivity index (χ4v) is 1.95. The van der Waals surface area contributed by atoms with Gasteiger partial charge in [-0.15, -0.1) is 0 Å². The molecule has 0 amide bonds. The van der Waals surface area contributed by atoms with Crippen molar-refractivity contribution in [2.24, 2.45) is 0 Å². The van der Waals surface area contributed by atoms with Crippen molar-refractivity contribution in [2.75, 3.05) is 11.9 Å². The highest BCUT2D eigenvalue weighted by Crippen LogP contribution is 2.30. The summed E-state index contributed by atoms with van der Waals surface area (Å²) in [7, 11) is 1.78. The molecule has 6 heteroatoms. The predicted octanol–water partition coefficient (Wildman–Crippen LogP) is 2.92. The number of nitrogens with zero attached hydrogens (tertiary/aromatic N) is 2. The molecule has 0 radical (unpaired) electrons. The van der Waals surface area contributed by atoms with Gasteiger partial charge in [0.05, 0.1) is 10.5 Å². The summed E-state index contributed by atoms with van der Waals surface area (Å²) in [5.41, 5.74) is 0.188. The van der Waals surface area contributed by atoms with E-state index in [4.69, 9.17) is 5.11 Å². The number of benzene rings is 1. The number of carboxylic acids is 1. The molecular weight excluding hydrogens is 248 g/mol. The molecule has 104 valence electrons. The largest absolute Gasteiger partial charge is 0.478 e. The van der Waals surface area contributed by atoms with Crippen molar-refractivity contribution in [3.63, 3.8) is 0 Å². The second-order valence-electron chi connectivity index (χ2n) is 4.51. The topological polar surface area (TPSA) is 83.7 Å². The van der Waals surface area contributed by atoms with E-state index in [-0.39, 0.29) is 17.3 Å². The lowest BCUT2D eigenvalue weighted by Gasteiger charge is -2.26. The fourth-order valence-electron chi connectivity index (χ4n) is 1.95. The predicted molar refractivity (Wildman–Crippen MR) is 72.8 cm³/mol. The number of rotatable bonds is 6. The Bertz CT molecular complexity index is 488. The van der Waals surface area contributed by atoms with Crippen molar-refractivity contribution in [3.05, 3.63) is 33.9 Å². The van der Waals surface area contributed by atoms with Crippen LogP contribution in [0.2, 0.25) is 0 Å². The van der Waals surface area contributed by atoms with Gasteiger partial charge in [-0.05, 0) is 25.5 Å². The van der Waals surface area contributed by atoms with Crippen LogP contribution in [0.25, 0.3) is 0 Å². The molecule has 1 unspecified atom stereocenters. The average molecular weight is 266 g/mol. The van der Waals surface area contributed by atoms with Crippen LogP contribution in [0, 0.1) is 10.1 Å². The van der Waals surface area contributed by atoms with Gasteiger partial charge in [0.25, 0.3) is 5.69 Å². The van der Waals surface area contributed by atoms with Gasteiger partial charge in [0, 0.05) is 19.2 Å². The van der Waals surface area contributed by atoms with Gasteiger partial charge in [-0.25, -0.2) is 4.79 Å².